The summed E-state index contributed by atoms with van der Waals surface area (Å²) in [6, 6.07) is 11.7. The largest absolute Gasteiger partial charge is 0.378 e. The summed E-state index contributed by atoms with van der Waals surface area (Å²) in [5.74, 6) is 0.688. The van der Waals surface area contributed by atoms with Gasteiger partial charge in [0, 0.05) is 19.9 Å². The lowest BCUT2D eigenvalue weighted by molar-refractivity contribution is 0.127. The number of ether oxygens (including phenoxy) is 2. The number of H-pyrrole nitrogens is 1. The highest BCUT2D eigenvalue weighted by Gasteiger charge is 2.15. The van der Waals surface area contributed by atoms with Crippen LogP contribution in [-0.2, 0) is 16.1 Å². The van der Waals surface area contributed by atoms with Crippen LogP contribution in [-0.4, -0.2) is 24.2 Å². The number of nitrogens with zero attached hydrogens (tertiary/aromatic N) is 1. The van der Waals surface area contributed by atoms with Gasteiger partial charge in [-0.2, -0.15) is 0 Å². The van der Waals surface area contributed by atoms with Crippen molar-refractivity contribution in [3.05, 3.63) is 58.1 Å². The van der Waals surface area contributed by atoms with Crippen molar-refractivity contribution in [2.75, 3.05) is 14.2 Å². The molecule has 1 unspecified atom stereocenters. The number of rotatable bonds is 5. The van der Waals surface area contributed by atoms with E-state index in [-0.39, 0.29) is 6.10 Å². The summed E-state index contributed by atoms with van der Waals surface area (Å²) in [4.78, 5) is 7.55. The third kappa shape index (κ3) is 3.47. The highest BCUT2D eigenvalue weighted by atomic mass is 32.1. The summed E-state index contributed by atoms with van der Waals surface area (Å²) in [6.45, 7) is 0.463. The molecule has 5 heteroatoms. The number of hydrogen-bond acceptors (Lipinski definition) is 4. The molecule has 2 rings (SSSR count). The predicted octanol–water partition coefficient (Wildman–Crippen LogP) is 3.02. The minimum absolute atomic E-state index is 0.264. The quantitative estimate of drug-likeness (QED) is 0.853. The average Bonchev–Trinajstić information content (AvgIpc) is 2.40. The van der Waals surface area contributed by atoms with Crippen LogP contribution in [0.2, 0.25) is 0 Å². The van der Waals surface area contributed by atoms with Crippen molar-refractivity contribution in [3.8, 4) is 0 Å². The van der Waals surface area contributed by atoms with E-state index >= 15 is 0 Å². The van der Waals surface area contributed by atoms with Gasteiger partial charge in [0.25, 0.3) is 0 Å². The first kappa shape index (κ1) is 13.9. The van der Waals surface area contributed by atoms with E-state index in [4.69, 9.17) is 21.7 Å². The smallest absolute Gasteiger partial charge is 0.141 e. The van der Waals surface area contributed by atoms with Crippen LogP contribution in [0.25, 0.3) is 0 Å². The number of hydrogen-bond donors (Lipinski definition) is 1. The van der Waals surface area contributed by atoms with Crippen molar-refractivity contribution in [1.82, 2.24) is 9.97 Å². The fourth-order valence-corrected chi connectivity index (χ4v) is 2.16. The van der Waals surface area contributed by atoms with Crippen molar-refractivity contribution in [2.24, 2.45) is 0 Å². The summed E-state index contributed by atoms with van der Waals surface area (Å²) in [7, 11) is 3.29. The zero-order valence-electron chi connectivity index (χ0n) is 10.9. The van der Waals surface area contributed by atoms with Gasteiger partial charge in [-0.1, -0.05) is 42.5 Å². The first-order valence-corrected chi connectivity index (χ1v) is 6.32. The molecule has 0 saturated heterocycles. The third-order valence-electron chi connectivity index (χ3n) is 2.70. The normalized spacial score (nSPS) is 12.3. The van der Waals surface area contributed by atoms with E-state index in [1.807, 2.05) is 30.3 Å². The molecule has 4 nitrogen and oxygen atoms in total. The van der Waals surface area contributed by atoms with E-state index in [1.165, 1.54) is 0 Å². The van der Waals surface area contributed by atoms with Gasteiger partial charge in [-0.15, -0.1) is 0 Å². The maximum absolute atomic E-state index is 5.53. The monoisotopic (exact) mass is 276 g/mol. The zero-order valence-corrected chi connectivity index (χ0v) is 11.7. The van der Waals surface area contributed by atoms with E-state index in [0.29, 0.717) is 17.1 Å². The van der Waals surface area contributed by atoms with E-state index in [1.54, 1.807) is 20.3 Å². The second-order valence-corrected chi connectivity index (χ2v) is 4.51. The van der Waals surface area contributed by atoms with Gasteiger partial charge in [0.15, 0.2) is 0 Å². The van der Waals surface area contributed by atoms with Gasteiger partial charge in [0.05, 0.1) is 6.61 Å². The number of aromatic nitrogens is 2. The van der Waals surface area contributed by atoms with Crippen molar-refractivity contribution in [2.45, 2.75) is 12.7 Å². The van der Waals surface area contributed by atoms with E-state index in [2.05, 4.69) is 9.97 Å². The Morgan fingerprint density at radius 2 is 2.00 bits per heavy atom. The average molecular weight is 276 g/mol. The molecule has 0 radical (unpaired) electrons. The molecule has 0 fully saturated rings. The summed E-state index contributed by atoms with van der Waals surface area (Å²) in [6.07, 6.45) is -0.264. The van der Waals surface area contributed by atoms with Gasteiger partial charge in [0.2, 0.25) is 0 Å². The molecule has 1 aromatic heterocycles. The molecule has 0 aliphatic heterocycles. The Bertz CT molecular complexity index is 583. The molecule has 100 valence electrons. The summed E-state index contributed by atoms with van der Waals surface area (Å²) >= 11 is 5.18. The van der Waals surface area contributed by atoms with Gasteiger partial charge in [-0.25, -0.2) is 4.98 Å². The summed E-state index contributed by atoms with van der Waals surface area (Å²) in [5.41, 5.74) is 1.91. The van der Waals surface area contributed by atoms with Crippen LogP contribution in [0, 0.1) is 4.64 Å². The van der Waals surface area contributed by atoms with Crippen LogP contribution in [0.4, 0.5) is 0 Å². The Kier molecular flexibility index (Phi) is 4.79. The van der Waals surface area contributed by atoms with E-state index in [0.717, 1.165) is 11.3 Å². The van der Waals surface area contributed by atoms with Gasteiger partial charge in [-0.3, -0.25) is 0 Å². The molecule has 0 bridgehead atoms. The van der Waals surface area contributed by atoms with E-state index < -0.39 is 0 Å². The molecule has 1 atom stereocenters. The van der Waals surface area contributed by atoms with Gasteiger partial charge in [-0.05, 0) is 11.6 Å². The Morgan fingerprint density at radius 1 is 1.26 bits per heavy atom. The van der Waals surface area contributed by atoms with Crippen LogP contribution in [0.5, 0.6) is 0 Å². The predicted molar refractivity (Wildman–Crippen MR) is 75.4 cm³/mol. The van der Waals surface area contributed by atoms with Crippen LogP contribution in [0.3, 0.4) is 0 Å². The highest BCUT2D eigenvalue weighted by molar-refractivity contribution is 7.71. The summed E-state index contributed by atoms with van der Waals surface area (Å²) in [5, 5.41) is 0. The van der Waals surface area contributed by atoms with Gasteiger partial charge >= 0.3 is 0 Å². The second-order valence-electron chi connectivity index (χ2n) is 4.09. The molecular formula is C14H16N2O2S. The molecular weight excluding hydrogens is 260 g/mol. The maximum Gasteiger partial charge on any atom is 0.141 e. The number of methoxy groups -OCH3 is 2. The molecule has 0 saturated carbocycles. The van der Waals surface area contributed by atoms with Gasteiger partial charge in [0.1, 0.15) is 16.6 Å². The first-order valence-electron chi connectivity index (χ1n) is 5.91. The lowest BCUT2D eigenvalue weighted by Gasteiger charge is -2.16. The molecule has 0 aliphatic rings. The molecule has 1 aromatic carbocycles. The second kappa shape index (κ2) is 6.56. The van der Waals surface area contributed by atoms with Crippen molar-refractivity contribution in [3.63, 3.8) is 0 Å². The van der Waals surface area contributed by atoms with Crippen LogP contribution in [0.1, 0.15) is 23.2 Å². The molecule has 0 spiro atoms. The van der Waals surface area contributed by atoms with Crippen molar-refractivity contribution >= 4 is 12.2 Å². The van der Waals surface area contributed by atoms with Crippen LogP contribution < -0.4 is 0 Å². The van der Waals surface area contributed by atoms with Crippen molar-refractivity contribution in [1.29, 1.82) is 0 Å². The lowest BCUT2D eigenvalue weighted by Crippen LogP contribution is -2.10. The van der Waals surface area contributed by atoms with Crippen LogP contribution in [0.15, 0.2) is 36.4 Å². The number of aromatic amines is 1. The number of nitrogens with one attached hydrogen (secondary N) is 1. The fourth-order valence-electron chi connectivity index (χ4n) is 1.92. The van der Waals surface area contributed by atoms with E-state index in [9.17, 15) is 0 Å². The Morgan fingerprint density at radius 3 is 2.63 bits per heavy atom. The number of benzene rings is 1. The molecule has 19 heavy (non-hydrogen) atoms. The molecule has 1 N–H and O–H groups in total. The maximum atomic E-state index is 5.53. The highest BCUT2D eigenvalue weighted by Crippen LogP contribution is 2.22. The lowest BCUT2D eigenvalue weighted by atomic mass is 10.1. The molecule has 1 heterocycles. The van der Waals surface area contributed by atoms with Crippen molar-refractivity contribution < 1.29 is 9.47 Å². The fraction of sp³-hybridized carbons (Fsp3) is 0.286. The zero-order chi connectivity index (χ0) is 13.7. The minimum Gasteiger partial charge on any atom is -0.378 e. The Hall–Kier alpha value is -1.56. The van der Waals surface area contributed by atoms with Gasteiger partial charge < -0.3 is 14.5 Å². The SMILES string of the molecule is COCc1cc(=S)nc(C(OC)c2ccccc2)[nH]1. The first-order chi connectivity index (χ1) is 9.24. The molecule has 0 amide bonds. The standard InChI is InChI=1S/C14H16N2O2S/c1-17-9-11-8-12(19)16-14(15-11)13(18-2)10-6-4-3-5-7-10/h3-8,13H,9H2,1-2H3,(H,15,16,19). The third-order valence-corrected chi connectivity index (χ3v) is 2.91. The molecule has 2 aromatic rings. The minimum atomic E-state index is -0.264. The molecule has 0 aliphatic carbocycles. The summed E-state index contributed by atoms with van der Waals surface area (Å²) < 4.78 is 11.2. The van der Waals surface area contributed by atoms with Crippen LogP contribution >= 0.6 is 12.2 Å². The Balaban J connectivity index is 2.41. The topological polar surface area (TPSA) is 47.1 Å². The Labute approximate surface area is 117 Å².